The predicted molar refractivity (Wildman–Crippen MR) is 101 cm³/mol. The van der Waals surface area contributed by atoms with Crippen LogP contribution < -0.4 is 0 Å². The number of aromatic amines is 1. The standard InChI is InChI=1S/C22H19N3O/c26-22(18-10-11-20-21(12-18)24-15-23-20)19-9-5-4-8-17(19)14-25(22)13-16-6-2-1-3-7-16/h1-12,15,26H,13-14H2,(H,23,24). The van der Waals surface area contributed by atoms with Gasteiger partial charge in [-0.2, -0.15) is 0 Å². The summed E-state index contributed by atoms with van der Waals surface area (Å²) in [6.45, 7) is 1.38. The van der Waals surface area contributed by atoms with Crippen LogP contribution in [0.1, 0.15) is 22.3 Å². The molecule has 4 heteroatoms. The van der Waals surface area contributed by atoms with Gasteiger partial charge in [0.05, 0.1) is 17.4 Å². The lowest BCUT2D eigenvalue weighted by molar-refractivity contribution is -0.0753. The first-order chi connectivity index (χ1) is 12.7. The van der Waals surface area contributed by atoms with Crippen molar-refractivity contribution >= 4 is 11.0 Å². The van der Waals surface area contributed by atoms with Crippen molar-refractivity contribution in [3.63, 3.8) is 0 Å². The van der Waals surface area contributed by atoms with Crippen LogP contribution in [0.5, 0.6) is 0 Å². The van der Waals surface area contributed by atoms with Crippen molar-refractivity contribution in [1.82, 2.24) is 14.9 Å². The molecule has 0 aliphatic carbocycles. The molecule has 0 bridgehead atoms. The number of benzene rings is 3. The molecule has 2 heterocycles. The van der Waals surface area contributed by atoms with E-state index in [2.05, 4.69) is 33.1 Å². The normalized spacial score (nSPS) is 19.7. The SMILES string of the molecule is OC1(c2ccc3nc[nH]c3c2)c2ccccc2CN1Cc1ccccc1. The molecule has 26 heavy (non-hydrogen) atoms. The van der Waals surface area contributed by atoms with Crippen LogP contribution in [0.3, 0.4) is 0 Å². The van der Waals surface area contributed by atoms with Gasteiger partial charge in [-0.05, 0) is 23.3 Å². The van der Waals surface area contributed by atoms with Crippen molar-refractivity contribution in [2.24, 2.45) is 0 Å². The number of aliphatic hydroxyl groups is 1. The molecule has 0 saturated carbocycles. The number of imidazole rings is 1. The molecule has 0 spiro atoms. The van der Waals surface area contributed by atoms with Crippen molar-refractivity contribution in [2.45, 2.75) is 18.8 Å². The summed E-state index contributed by atoms with van der Waals surface area (Å²) in [5.41, 5.74) is 4.83. The minimum Gasteiger partial charge on any atom is -0.367 e. The van der Waals surface area contributed by atoms with Crippen LogP contribution >= 0.6 is 0 Å². The van der Waals surface area contributed by atoms with Crippen molar-refractivity contribution in [3.8, 4) is 0 Å². The summed E-state index contributed by atoms with van der Waals surface area (Å²) in [7, 11) is 0. The first-order valence-electron chi connectivity index (χ1n) is 8.78. The molecular formula is C22H19N3O. The highest BCUT2D eigenvalue weighted by molar-refractivity contribution is 5.75. The van der Waals surface area contributed by atoms with Gasteiger partial charge in [-0.15, -0.1) is 0 Å². The smallest absolute Gasteiger partial charge is 0.172 e. The number of fused-ring (bicyclic) bond motifs is 2. The molecular weight excluding hydrogens is 322 g/mol. The van der Waals surface area contributed by atoms with Crippen molar-refractivity contribution in [3.05, 3.63) is 101 Å². The Labute approximate surface area is 151 Å². The van der Waals surface area contributed by atoms with Gasteiger partial charge in [-0.3, -0.25) is 4.90 Å². The van der Waals surface area contributed by atoms with Gasteiger partial charge < -0.3 is 10.1 Å². The second kappa shape index (κ2) is 5.80. The summed E-state index contributed by atoms with van der Waals surface area (Å²) in [4.78, 5) is 9.57. The number of hydrogen-bond donors (Lipinski definition) is 2. The molecule has 0 fully saturated rings. The zero-order valence-electron chi connectivity index (χ0n) is 14.3. The van der Waals surface area contributed by atoms with Crippen LogP contribution in [-0.4, -0.2) is 20.0 Å². The largest absolute Gasteiger partial charge is 0.367 e. The van der Waals surface area contributed by atoms with E-state index in [0.717, 1.165) is 27.7 Å². The van der Waals surface area contributed by atoms with Crippen LogP contribution in [0, 0.1) is 0 Å². The average molecular weight is 341 g/mol. The first-order valence-corrected chi connectivity index (χ1v) is 8.78. The van der Waals surface area contributed by atoms with E-state index in [1.54, 1.807) is 6.33 Å². The molecule has 1 unspecified atom stereocenters. The van der Waals surface area contributed by atoms with Gasteiger partial charge >= 0.3 is 0 Å². The zero-order chi connectivity index (χ0) is 17.6. The molecule has 0 radical (unpaired) electrons. The Morgan fingerprint density at radius 1 is 1.00 bits per heavy atom. The molecule has 0 amide bonds. The molecule has 1 atom stereocenters. The molecule has 2 N–H and O–H groups in total. The Morgan fingerprint density at radius 2 is 1.81 bits per heavy atom. The van der Waals surface area contributed by atoms with Crippen molar-refractivity contribution in [1.29, 1.82) is 0 Å². The monoisotopic (exact) mass is 341 g/mol. The van der Waals surface area contributed by atoms with E-state index in [1.807, 2.05) is 54.6 Å². The number of rotatable bonds is 3. The first kappa shape index (κ1) is 15.3. The summed E-state index contributed by atoms with van der Waals surface area (Å²) in [6.07, 6.45) is 1.68. The molecule has 5 rings (SSSR count). The Bertz CT molecular complexity index is 1070. The van der Waals surface area contributed by atoms with E-state index in [-0.39, 0.29) is 0 Å². The Balaban J connectivity index is 1.65. The molecule has 128 valence electrons. The fraction of sp³-hybridized carbons (Fsp3) is 0.136. The quantitative estimate of drug-likeness (QED) is 0.596. The maximum absolute atomic E-state index is 11.9. The van der Waals surface area contributed by atoms with Crippen LogP contribution in [0.25, 0.3) is 11.0 Å². The lowest BCUT2D eigenvalue weighted by Crippen LogP contribution is -2.41. The van der Waals surface area contributed by atoms with Crippen LogP contribution in [-0.2, 0) is 18.8 Å². The lowest BCUT2D eigenvalue weighted by atomic mass is 9.93. The van der Waals surface area contributed by atoms with Gasteiger partial charge in [0.25, 0.3) is 0 Å². The minimum atomic E-state index is -1.16. The fourth-order valence-corrected chi connectivity index (χ4v) is 3.95. The summed E-state index contributed by atoms with van der Waals surface area (Å²) < 4.78 is 0. The van der Waals surface area contributed by atoms with E-state index in [4.69, 9.17) is 0 Å². The highest BCUT2D eigenvalue weighted by Gasteiger charge is 2.44. The van der Waals surface area contributed by atoms with E-state index in [0.29, 0.717) is 13.1 Å². The van der Waals surface area contributed by atoms with E-state index >= 15 is 0 Å². The van der Waals surface area contributed by atoms with E-state index < -0.39 is 5.72 Å². The summed E-state index contributed by atoms with van der Waals surface area (Å²) in [6, 6.07) is 24.4. The molecule has 4 nitrogen and oxygen atoms in total. The van der Waals surface area contributed by atoms with Crippen LogP contribution in [0.15, 0.2) is 79.1 Å². The molecule has 1 aliphatic rings. The van der Waals surface area contributed by atoms with Crippen molar-refractivity contribution < 1.29 is 5.11 Å². The van der Waals surface area contributed by atoms with E-state index in [9.17, 15) is 5.11 Å². The third-order valence-corrected chi connectivity index (χ3v) is 5.25. The maximum Gasteiger partial charge on any atom is 0.172 e. The third kappa shape index (κ3) is 2.27. The Morgan fingerprint density at radius 3 is 2.69 bits per heavy atom. The van der Waals surface area contributed by atoms with Gasteiger partial charge in [0, 0.05) is 24.2 Å². The lowest BCUT2D eigenvalue weighted by Gasteiger charge is -2.35. The predicted octanol–water partition coefficient (Wildman–Crippen LogP) is 3.77. The molecule has 4 aromatic rings. The highest BCUT2D eigenvalue weighted by Crippen LogP contribution is 2.43. The van der Waals surface area contributed by atoms with Gasteiger partial charge in [0.15, 0.2) is 5.72 Å². The average Bonchev–Trinajstić information content (AvgIpc) is 3.26. The van der Waals surface area contributed by atoms with Gasteiger partial charge in [-0.25, -0.2) is 4.98 Å². The Kier molecular flexibility index (Phi) is 3.42. The molecule has 0 saturated heterocycles. The number of nitrogens with one attached hydrogen (secondary N) is 1. The number of nitrogens with zero attached hydrogens (tertiary/aromatic N) is 2. The highest BCUT2D eigenvalue weighted by atomic mass is 16.3. The second-order valence-corrected chi connectivity index (χ2v) is 6.81. The van der Waals surface area contributed by atoms with Crippen molar-refractivity contribution in [2.75, 3.05) is 0 Å². The van der Waals surface area contributed by atoms with Gasteiger partial charge in [0.2, 0.25) is 0 Å². The summed E-state index contributed by atoms with van der Waals surface area (Å²) in [5, 5.41) is 11.9. The maximum atomic E-state index is 11.9. The molecule has 3 aromatic carbocycles. The van der Waals surface area contributed by atoms with Crippen LogP contribution in [0.2, 0.25) is 0 Å². The third-order valence-electron chi connectivity index (χ3n) is 5.25. The zero-order valence-corrected chi connectivity index (χ0v) is 14.3. The molecule has 1 aliphatic heterocycles. The second-order valence-electron chi connectivity index (χ2n) is 6.81. The van der Waals surface area contributed by atoms with Gasteiger partial charge in [0.1, 0.15) is 0 Å². The van der Waals surface area contributed by atoms with E-state index in [1.165, 1.54) is 5.56 Å². The summed E-state index contributed by atoms with van der Waals surface area (Å²) >= 11 is 0. The Hall–Kier alpha value is -2.95. The van der Waals surface area contributed by atoms with Crippen LogP contribution in [0.4, 0.5) is 0 Å². The number of aromatic nitrogens is 2. The van der Waals surface area contributed by atoms with Gasteiger partial charge in [-0.1, -0.05) is 60.7 Å². The molecule has 1 aromatic heterocycles. The number of hydrogen-bond acceptors (Lipinski definition) is 3. The topological polar surface area (TPSA) is 52.2 Å². The fourth-order valence-electron chi connectivity index (χ4n) is 3.95. The minimum absolute atomic E-state index is 0.674. The number of H-pyrrole nitrogens is 1. The summed E-state index contributed by atoms with van der Waals surface area (Å²) in [5.74, 6) is 0.